The van der Waals surface area contributed by atoms with Crippen LogP contribution in [0.15, 0.2) is 42.0 Å². The largest absolute Gasteiger partial charge is 0.467 e. The Morgan fingerprint density at radius 3 is 2.58 bits per heavy atom. The third-order valence-corrected chi connectivity index (χ3v) is 3.81. The lowest BCUT2D eigenvalue weighted by molar-refractivity contribution is -0.137. The van der Waals surface area contributed by atoms with E-state index >= 15 is 0 Å². The number of thiazole rings is 1. The molecule has 0 spiro atoms. The number of nitrogens with one attached hydrogen (secondary N) is 1. The Hall–Kier alpha value is -2.68. The summed E-state index contributed by atoms with van der Waals surface area (Å²) in [6, 6.07) is 5.20. The predicted molar refractivity (Wildman–Crippen MR) is 84.4 cm³/mol. The smallest absolute Gasteiger partial charge is 0.416 e. The zero-order valence-electron chi connectivity index (χ0n) is 12.3. The summed E-state index contributed by atoms with van der Waals surface area (Å²) in [5.74, 6) is 0. The number of hydrogen-bond donors (Lipinski definition) is 1. The summed E-state index contributed by atoms with van der Waals surface area (Å²) >= 11 is 1.27. The van der Waals surface area contributed by atoms with Crippen molar-refractivity contribution in [2.45, 2.75) is 6.18 Å². The molecule has 0 radical (unpaired) electrons. The maximum Gasteiger partial charge on any atom is 0.416 e. The van der Waals surface area contributed by atoms with Gasteiger partial charge in [-0.25, -0.2) is 15.0 Å². The highest BCUT2D eigenvalue weighted by atomic mass is 32.1. The van der Waals surface area contributed by atoms with E-state index in [1.165, 1.54) is 24.5 Å². The van der Waals surface area contributed by atoms with Crippen LogP contribution >= 0.6 is 11.3 Å². The van der Waals surface area contributed by atoms with Gasteiger partial charge in [-0.1, -0.05) is 6.07 Å². The van der Waals surface area contributed by atoms with Gasteiger partial charge in [0.1, 0.15) is 0 Å². The first-order chi connectivity index (χ1) is 11.5. The molecule has 0 aliphatic heterocycles. The lowest BCUT2D eigenvalue weighted by Crippen LogP contribution is -2.05. The molecule has 24 heavy (non-hydrogen) atoms. The van der Waals surface area contributed by atoms with E-state index in [4.69, 9.17) is 4.74 Å². The van der Waals surface area contributed by atoms with Crippen molar-refractivity contribution in [1.29, 1.82) is 0 Å². The number of nitrogens with zero attached hydrogens (tertiary/aromatic N) is 3. The fourth-order valence-electron chi connectivity index (χ4n) is 1.91. The Morgan fingerprint density at radius 2 is 1.92 bits per heavy atom. The molecular weight excluding hydrogens is 341 g/mol. The maximum atomic E-state index is 12.7. The molecule has 0 amide bonds. The molecule has 0 bridgehead atoms. The molecule has 5 nitrogen and oxygen atoms in total. The van der Waals surface area contributed by atoms with Gasteiger partial charge >= 0.3 is 12.2 Å². The molecule has 1 aromatic carbocycles. The van der Waals surface area contributed by atoms with Gasteiger partial charge in [0.2, 0.25) is 0 Å². The van der Waals surface area contributed by atoms with E-state index in [1.54, 1.807) is 23.8 Å². The molecule has 0 aliphatic rings. The summed E-state index contributed by atoms with van der Waals surface area (Å²) in [4.78, 5) is 12.3. The highest BCUT2D eigenvalue weighted by molar-refractivity contribution is 7.14. The summed E-state index contributed by atoms with van der Waals surface area (Å²) in [5, 5.41) is 5.11. The van der Waals surface area contributed by atoms with Crippen molar-refractivity contribution in [3.63, 3.8) is 0 Å². The fraction of sp³-hybridized carbons (Fsp3) is 0.133. The average molecular weight is 352 g/mol. The van der Waals surface area contributed by atoms with Crippen molar-refractivity contribution < 1.29 is 17.9 Å². The zero-order chi connectivity index (χ0) is 17.2. The van der Waals surface area contributed by atoms with Crippen molar-refractivity contribution in [3.05, 3.63) is 47.6 Å². The molecule has 0 saturated carbocycles. The minimum absolute atomic E-state index is 0.247. The van der Waals surface area contributed by atoms with Crippen LogP contribution < -0.4 is 10.1 Å². The number of benzene rings is 1. The second-order valence-corrected chi connectivity index (χ2v) is 5.56. The third kappa shape index (κ3) is 3.62. The highest BCUT2D eigenvalue weighted by Crippen LogP contribution is 2.32. The van der Waals surface area contributed by atoms with E-state index in [1.807, 2.05) is 0 Å². The van der Waals surface area contributed by atoms with Crippen LogP contribution in [0.4, 0.5) is 24.0 Å². The van der Waals surface area contributed by atoms with Gasteiger partial charge in [-0.2, -0.15) is 13.2 Å². The fourth-order valence-corrected chi connectivity index (χ4v) is 2.65. The van der Waals surface area contributed by atoms with Crippen LogP contribution in [0.1, 0.15) is 5.56 Å². The van der Waals surface area contributed by atoms with Gasteiger partial charge in [-0.3, -0.25) is 0 Å². The van der Waals surface area contributed by atoms with Crippen molar-refractivity contribution in [2.24, 2.45) is 0 Å². The number of aromatic nitrogens is 3. The van der Waals surface area contributed by atoms with E-state index in [0.29, 0.717) is 22.1 Å². The summed E-state index contributed by atoms with van der Waals surface area (Å²) in [6.45, 7) is 0. The van der Waals surface area contributed by atoms with Crippen LogP contribution in [0.25, 0.3) is 11.3 Å². The first kappa shape index (κ1) is 16.2. The van der Waals surface area contributed by atoms with E-state index in [9.17, 15) is 13.2 Å². The van der Waals surface area contributed by atoms with E-state index in [-0.39, 0.29) is 6.01 Å². The van der Waals surface area contributed by atoms with Crippen molar-refractivity contribution >= 4 is 22.2 Å². The van der Waals surface area contributed by atoms with Crippen LogP contribution in [-0.4, -0.2) is 22.1 Å². The van der Waals surface area contributed by atoms with Gasteiger partial charge in [-0.05, 0) is 18.2 Å². The molecule has 1 N–H and O–H groups in total. The number of anilines is 2. The Balaban J connectivity index is 1.79. The number of alkyl halides is 3. The summed E-state index contributed by atoms with van der Waals surface area (Å²) in [5.41, 5.74) is 0.908. The Kier molecular flexibility index (Phi) is 4.34. The van der Waals surface area contributed by atoms with Crippen LogP contribution in [0.2, 0.25) is 0 Å². The Morgan fingerprint density at radius 1 is 1.17 bits per heavy atom. The summed E-state index contributed by atoms with van der Waals surface area (Å²) < 4.78 is 43.1. The van der Waals surface area contributed by atoms with Crippen molar-refractivity contribution in [3.8, 4) is 17.3 Å². The second-order valence-electron chi connectivity index (χ2n) is 4.70. The van der Waals surface area contributed by atoms with E-state index in [2.05, 4.69) is 20.3 Å². The number of halogens is 3. The highest BCUT2D eigenvalue weighted by Gasteiger charge is 2.30. The molecule has 0 saturated heterocycles. The topological polar surface area (TPSA) is 59.9 Å². The Labute approximate surface area is 139 Å². The predicted octanol–water partition coefficient (Wildman–Crippen LogP) is 4.37. The molecular formula is C15H11F3N4OS. The molecule has 2 heterocycles. The van der Waals surface area contributed by atoms with Gasteiger partial charge < -0.3 is 10.1 Å². The quantitative estimate of drug-likeness (QED) is 0.755. The van der Waals surface area contributed by atoms with Crippen LogP contribution in [0.3, 0.4) is 0 Å². The van der Waals surface area contributed by atoms with Crippen molar-refractivity contribution in [1.82, 2.24) is 15.0 Å². The van der Waals surface area contributed by atoms with Gasteiger partial charge in [0.15, 0.2) is 5.13 Å². The molecule has 124 valence electrons. The molecule has 0 fully saturated rings. The number of methoxy groups -OCH3 is 1. The van der Waals surface area contributed by atoms with E-state index < -0.39 is 11.7 Å². The molecule has 9 heteroatoms. The molecule has 3 rings (SSSR count). The SMILES string of the molecule is COc1ncc(-c2csc(Nc3cccc(C(F)(F)F)c3)n2)cn1. The average Bonchev–Trinajstić information content (AvgIpc) is 3.03. The first-order valence-corrected chi connectivity index (χ1v) is 7.60. The van der Waals surface area contributed by atoms with Gasteiger partial charge in [0.05, 0.1) is 18.4 Å². The lowest BCUT2D eigenvalue weighted by atomic mass is 10.2. The summed E-state index contributed by atoms with van der Waals surface area (Å²) in [7, 11) is 1.47. The second kappa shape index (κ2) is 6.44. The molecule has 3 aromatic rings. The monoisotopic (exact) mass is 352 g/mol. The number of hydrogen-bond acceptors (Lipinski definition) is 6. The standard InChI is InChI=1S/C15H11F3N4OS/c1-23-13-19-6-9(7-20-13)12-8-24-14(22-12)21-11-4-2-3-10(5-11)15(16,17)18/h2-8H,1H3,(H,21,22). The van der Waals surface area contributed by atoms with Gasteiger partial charge in [0, 0.05) is 29.0 Å². The van der Waals surface area contributed by atoms with Crippen molar-refractivity contribution in [2.75, 3.05) is 12.4 Å². The van der Waals surface area contributed by atoms with Crippen LogP contribution in [0, 0.1) is 0 Å². The molecule has 0 aliphatic carbocycles. The van der Waals surface area contributed by atoms with Gasteiger partial charge in [-0.15, -0.1) is 11.3 Å². The van der Waals surface area contributed by atoms with Crippen LogP contribution in [0.5, 0.6) is 6.01 Å². The zero-order valence-corrected chi connectivity index (χ0v) is 13.1. The maximum absolute atomic E-state index is 12.7. The number of rotatable bonds is 4. The minimum atomic E-state index is -4.38. The van der Waals surface area contributed by atoms with Crippen LogP contribution in [-0.2, 0) is 6.18 Å². The minimum Gasteiger partial charge on any atom is -0.467 e. The molecule has 0 unspecified atom stereocenters. The van der Waals surface area contributed by atoms with Gasteiger partial charge in [0.25, 0.3) is 0 Å². The van der Waals surface area contributed by atoms with E-state index in [0.717, 1.165) is 12.1 Å². The lowest BCUT2D eigenvalue weighted by Gasteiger charge is -2.08. The number of ether oxygens (including phenoxy) is 1. The normalized spacial score (nSPS) is 11.3. The first-order valence-electron chi connectivity index (χ1n) is 6.72. The summed E-state index contributed by atoms with van der Waals surface area (Å²) in [6.07, 6.45) is -1.25. The molecule has 0 atom stereocenters. The third-order valence-electron chi connectivity index (χ3n) is 3.05. The Bertz CT molecular complexity index is 833. The molecule has 2 aromatic heterocycles.